The summed E-state index contributed by atoms with van der Waals surface area (Å²) in [5.74, 6) is 6.08. The highest BCUT2D eigenvalue weighted by Crippen LogP contribution is 2.23. The molecule has 0 saturated heterocycles. The van der Waals surface area contributed by atoms with Crippen molar-refractivity contribution in [1.82, 2.24) is 15.7 Å². The van der Waals surface area contributed by atoms with E-state index >= 15 is 0 Å². The molecular weight excluding hydrogens is 222 g/mol. The molecule has 1 atom stereocenters. The maximum Gasteiger partial charge on any atom is 0.206 e. The zero-order valence-electron chi connectivity index (χ0n) is 9.53. The number of thiazole rings is 1. The number of aromatic nitrogens is 1. The number of rotatable bonds is 3. The molecule has 1 aromatic rings. The van der Waals surface area contributed by atoms with Crippen LogP contribution in [-0.2, 0) is 0 Å². The molecular formula is C10H17N5S. The Labute approximate surface area is 99.1 Å². The van der Waals surface area contributed by atoms with Crippen LogP contribution in [-0.4, -0.2) is 17.0 Å². The van der Waals surface area contributed by atoms with Crippen molar-refractivity contribution in [3.8, 4) is 0 Å². The second-order valence-corrected chi connectivity index (χ2v) is 5.29. The quantitative estimate of drug-likeness (QED) is 0.319. The molecule has 2 rings (SSSR count). The van der Waals surface area contributed by atoms with Crippen LogP contribution in [0.15, 0.2) is 11.2 Å². The van der Waals surface area contributed by atoms with E-state index in [1.807, 2.05) is 13.1 Å². The minimum atomic E-state index is 0.132. The van der Waals surface area contributed by atoms with E-state index in [1.165, 1.54) is 4.88 Å². The van der Waals surface area contributed by atoms with Crippen LogP contribution in [0, 0.1) is 6.92 Å². The van der Waals surface area contributed by atoms with Gasteiger partial charge in [0.1, 0.15) is 5.01 Å². The molecule has 1 aromatic heterocycles. The number of hydrazine groups is 1. The molecule has 1 saturated carbocycles. The topological polar surface area (TPSA) is 75.3 Å². The summed E-state index contributed by atoms with van der Waals surface area (Å²) in [5.41, 5.74) is 2.60. The van der Waals surface area contributed by atoms with Crippen LogP contribution >= 0.6 is 11.3 Å². The van der Waals surface area contributed by atoms with Gasteiger partial charge in [-0.25, -0.2) is 15.8 Å². The summed E-state index contributed by atoms with van der Waals surface area (Å²) in [4.78, 5) is 9.97. The molecule has 0 radical (unpaired) electrons. The van der Waals surface area contributed by atoms with Crippen LogP contribution in [0.2, 0.25) is 0 Å². The molecule has 1 aliphatic carbocycles. The molecule has 4 N–H and O–H groups in total. The molecule has 0 aromatic carbocycles. The predicted molar refractivity (Wildman–Crippen MR) is 66.2 cm³/mol. The average Bonchev–Trinajstić information content (AvgIpc) is 2.97. The van der Waals surface area contributed by atoms with Crippen LogP contribution in [0.5, 0.6) is 0 Å². The second-order valence-electron chi connectivity index (χ2n) is 4.03. The standard InChI is InChI=1S/C10H17N5S/c1-6-5-12-9(16-6)7(2)13-10(15-11)14-8-3-4-8/h5,7-8H,3-4,11H2,1-2H3,(H2,13,14,15). The fraction of sp³-hybridized carbons (Fsp3) is 0.600. The summed E-state index contributed by atoms with van der Waals surface area (Å²) in [5, 5.41) is 4.28. The second kappa shape index (κ2) is 4.80. The highest BCUT2D eigenvalue weighted by atomic mass is 32.1. The highest BCUT2D eigenvalue weighted by Gasteiger charge is 2.21. The first-order chi connectivity index (χ1) is 7.69. The lowest BCUT2D eigenvalue weighted by Gasteiger charge is -2.14. The number of hydrogen-bond donors (Lipinski definition) is 3. The third-order valence-electron chi connectivity index (χ3n) is 2.36. The fourth-order valence-corrected chi connectivity index (χ4v) is 2.12. The zero-order chi connectivity index (χ0) is 11.5. The summed E-state index contributed by atoms with van der Waals surface area (Å²) >= 11 is 1.69. The SMILES string of the molecule is Cc1cnc(C(C)NC(=NC2CC2)NN)s1. The third kappa shape index (κ3) is 2.93. The number of hydrogen-bond acceptors (Lipinski definition) is 4. The first kappa shape index (κ1) is 11.3. The van der Waals surface area contributed by atoms with Gasteiger partial charge in [-0.2, -0.15) is 0 Å². The number of guanidine groups is 1. The predicted octanol–water partition coefficient (Wildman–Crippen LogP) is 1.08. The van der Waals surface area contributed by atoms with Crippen molar-refractivity contribution >= 4 is 17.3 Å². The highest BCUT2D eigenvalue weighted by molar-refractivity contribution is 7.11. The monoisotopic (exact) mass is 239 g/mol. The van der Waals surface area contributed by atoms with Crippen molar-refractivity contribution < 1.29 is 0 Å². The molecule has 16 heavy (non-hydrogen) atoms. The number of nitrogens with zero attached hydrogens (tertiary/aromatic N) is 2. The maximum absolute atomic E-state index is 5.42. The van der Waals surface area contributed by atoms with Crippen molar-refractivity contribution in [3.63, 3.8) is 0 Å². The Hall–Kier alpha value is -1.14. The lowest BCUT2D eigenvalue weighted by atomic mass is 10.3. The lowest BCUT2D eigenvalue weighted by molar-refractivity contribution is 0.682. The largest absolute Gasteiger partial charge is 0.346 e. The zero-order valence-corrected chi connectivity index (χ0v) is 10.3. The van der Waals surface area contributed by atoms with E-state index in [0.29, 0.717) is 12.0 Å². The molecule has 1 heterocycles. The molecule has 0 bridgehead atoms. The van der Waals surface area contributed by atoms with E-state index in [0.717, 1.165) is 17.8 Å². The average molecular weight is 239 g/mol. The van der Waals surface area contributed by atoms with E-state index < -0.39 is 0 Å². The molecule has 6 heteroatoms. The molecule has 0 aliphatic heterocycles. The first-order valence-electron chi connectivity index (χ1n) is 5.42. The van der Waals surface area contributed by atoms with Gasteiger partial charge in [-0.1, -0.05) is 0 Å². The van der Waals surface area contributed by atoms with Crippen LogP contribution in [0.4, 0.5) is 0 Å². The van der Waals surface area contributed by atoms with Gasteiger partial charge in [0.2, 0.25) is 5.96 Å². The summed E-state index contributed by atoms with van der Waals surface area (Å²) < 4.78 is 0. The Balaban J connectivity index is 1.97. The molecule has 0 amide bonds. The Kier molecular flexibility index (Phi) is 3.40. The van der Waals surface area contributed by atoms with Gasteiger partial charge in [0.15, 0.2) is 0 Å². The van der Waals surface area contributed by atoms with Crippen LogP contribution < -0.4 is 16.6 Å². The van der Waals surface area contributed by atoms with Gasteiger partial charge < -0.3 is 5.32 Å². The lowest BCUT2D eigenvalue weighted by Crippen LogP contribution is -2.42. The summed E-state index contributed by atoms with van der Waals surface area (Å²) in [6.07, 6.45) is 4.21. The Morgan fingerprint density at radius 3 is 2.94 bits per heavy atom. The molecule has 1 unspecified atom stereocenters. The van der Waals surface area contributed by atoms with Crippen LogP contribution in [0.25, 0.3) is 0 Å². The van der Waals surface area contributed by atoms with E-state index in [4.69, 9.17) is 5.84 Å². The Morgan fingerprint density at radius 2 is 2.44 bits per heavy atom. The van der Waals surface area contributed by atoms with Gasteiger partial charge in [0, 0.05) is 11.1 Å². The minimum Gasteiger partial charge on any atom is -0.346 e. The molecule has 1 fully saturated rings. The van der Waals surface area contributed by atoms with Crippen LogP contribution in [0.1, 0.15) is 35.7 Å². The minimum absolute atomic E-state index is 0.132. The number of nitrogens with two attached hydrogens (primary N) is 1. The van der Waals surface area contributed by atoms with Gasteiger partial charge >= 0.3 is 0 Å². The van der Waals surface area contributed by atoms with Crippen molar-refractivity contribution in [1.29, 1.82) is 0 Å². The van der Waals surface area contributed by atoms with Gasteiger partial charge in [-0.15, -0.1) is 11.3 Å². The van der Waals surface area contributed by atoms with Crippen molar-refractivity contribution in [2.24, 2.45) is 10.8 Å². The molecule has 1 aliphatic rings. The number of aliphatic imine (C=N–C) groups is 1. The molecule has 88 valence electrons. The maximum atomic E-state index is 5.42. The van der Waals surface area contributed by atoms with Gasteiger partial charge in [0.25, 0.3) is 0 Å². The summed E-state index contributed by atoms with van der Waals surface area (Å²) in [7, 11) is 0. The smallest absolute Gasteiger partial charge is 0.206 e. The van der Waals surface area contributed by atoms with E-state index in [9.17, 15) is 0 Å². The summed E-state index contributed by atoms with van der Waals surface area (Å²) in [6, 6.07) is 0.580. The normalized spacial score (nSPS) is 18.3. The van der Waals surface area contributed by atoms with E-state index in [2.05, 4.69) is 27.6 Å². The summed E-state index contributed by atoms with van der Waals surface area (Å²) in [6.45, 7) is 4.10. The Morgan fingerprint density at radius 1 is 1.69 bits per heavy atom. The molecule has 0 spiro atoms. The first-order valence-corrected chi connectivity index (χ1v) is 6.24. The number of nitrogens with one attached hydrogen (secondary N) is 2. The van der Waals surface area contributed by atoms with E-state index in [1.54, 1.807) is 11.3 Å². The van der Waals surface area contributed by atoms with Gasteiger partial charge in [-0.05, 0) is 26.7 Å². The number of aryl methyl sites for hydroxylation is 1. The van der Waals surface area contributed by atoms with Crippen molar-refractivity contribution in [2.45, 2.75) is 38.8 Å². The van der Waals surface area contributed by atoms with Crippen LogP contribution in [0.3, 0.4) is 0 Å². The third-order valence-corrected chi connectivity index (χ3v) is 3.45. The van der Waals surface area contributed by atoms with Gasteiger partial charge in [-0.3, -0.25) is 5.43 Å². The van der Waals surface area contributed by atoms with Gasteiger partial charge in [0.05, 0.1) is 12.1 Å². The molecule has 5 nitrogen and oxygen atoms in total. The fourth-order valence-electron chi connectivity index (χ4n) is 1.34. The van der Waals surface area contributed by atoms with E-state index in [-0.39, 0.29) is 6.04 Å². The van der Waals surface area contributed by atoms with Crippen molar-refractivity contribution in [2.75, 3.05) is 0 Å². The van der Waals surface area contributed by atoms with Crippen molar-refractivity contribution in [3.05, 3.63) is 16.1 Å². The Bertz CT molecular complexity index is 382.